The molecule has 1 aromatic heterocycles. The van der Waals surface area contributed by atoms with E-state index in [1.54, 1.807) is 6.92 Å². The molecule has 0 radical (unpaired) electrons. The number of ether oxygens (including phenoxy) is 4. The van der Waals surface area contributed by atoms with Gasteiger partial charge in [0, 0.05) is 25.1 Å². The standard InChI is InChI=1S/C31H36N2O7/c1-5-26(33-30(35)28-29(39-20-38-22(3)34)27(37-4)16-17-32-28)31(36)40-21(2)25(18-23-12-8-6-9-13-23)19-24-14-10-7-11-15-24/h6-17,21,25-26H,5,18-20H2,1-4H3,(H,33,35)/t21?,26-/m0/s1. The molecule has 0 aliphatic heterocycles. The number of aromatic nitrogens is 1. The Hall–Kier alpha value is -4.40. The van der Waals surface area contributed by atoms with Crippen LogP contribution in [0.2, 0.25) is 0 Å². The fraction of sp³-hybridized carbons (Fsp3) is 0.355. The van der Waals surface area contributed by atoms with Crippen molar-refractivity contribution in [1.82, 2.24) is 10.3 Å². The molecule has 0 aliphatic carbocycles. The van der Waals surface area contributed by atoms with Crippen LogP contribution in [0.4, 0.5) is 0 Å². The van der Waals surface area contributed by atoms with Gasteiger partial charge in [0.15, 0.2) is 17.2 Å². The average Bonchev–Trinajstić information content (AvgIpc) is 2.96. The number of esters is 2. The minimum atomic E-state index is -0.918. The van der Waals surface area contributed by atoms with Crippen molar-refractivity contribution in [1.29, 1.82) is 0 Å². The molecule has 0 bridgehead atoms. The molecule has 9 nitrogen and oxygen atoms in total. The van der Waals surface area contributed by atoms with Gasteiger partial charge < -0.3 is 24.3 Å². The number of amides is 1. The molecule has 0 aliphatic rings. The normalized spacial score (nSPS) is 12.2. The zero-order chi connectivity index (χ0) is 28.9. The van der Waals surface area contributed by atoms with Crippen LogP contribution in [-0.2, 0) is 31.9 Å². The maximum atomic E-state index is 13.2. The van der Waals surface area contributed by atoms with Crippen molar-refractivity contribution in [3.63, 3.8) is 0 Å². The fourth-order valence-electron chi connectivity index (χ4n) is 4.22. The summed E-state index contributed by atoms with van der Waals surface area (Å²) in [5, 5.41) is 2.70. The van der Waals surface area contributed by atoms with Crippen LogP contribution in [0.15, 0.2) is 72.9 Å². The van der Waals surface area contributed by atoms with Gasteiger partial charge in [0.05, 0.1) is 7.11 Å². The Kier molecular flexibility index (Phi) is 11.5. The van der Waals surface area contributed by atoms with Crippen LogP contribution in [0.25, 0.3) is 0 Å². The Balaban J connectivity index is 1.72. The lowest BCUT2D eigenvalue weighted by Gasteiger charge is -2.26. The molecule has 3 aromatic rings. The van der Waals surface area contributed by atoms with E-state index in [1.807, 2.05) is 43.3 Å². The van der Waals surface area contributed by atoms with E-state index in [2.05, 4.69) is 34.6 Å². The Labute approximate surface area is 234 Å². The summed E-state index contributed by atoms with van der Waals surface area (Å²) in [7, 11) is 1.41. The minimum Gasteiger partial charge on any atom is -0.493 e. The molecule has 40 heavy (non-hydrogen) atoms. The first kappa shape index (κ1) is 30.1. The molecule has 212 valence electrons. The van der Waals surface area contributed by atoms with E-state index in [9.17, 15) is 14.4 Å². The molecule has 9 heteroatoms. The van der Waals surface area contributed by atoms with Gasteiger partial charge in [-0.1, -0.05) is 67.6 Å². The molecule has 0 saturated heterocycles. The highest BCUT2D eigenvalue weighted by molar-refractivity contribution is 5.98. The number of carbonyl (C=O) groups is 3. The lowest BCUT2D eigenvalue weighted by molar-refractivity contribution is -0.153. The zero-order valence-electron chi connectivity index (χ0n) is 23.3. The highest BCUT2D eigenvalue weighted by Gasteiger charge is 2.29. The lowest BCUT2D eigenvalue weighted by atomic mass is 9.88. The molecule has 2 aromatic carbocycles. The van der Waals surface area contributed by atoms with Gasteiger partial charge in [-0.25, -0.2) is 9.78 Å². The maximum absolute atomic E-state index is 13.2. The molecular weight excluding hydrogens is 512 g/mol. The van der Waals surface area contributed by atoms with Crippen LogP contribution >= 0.6 is 0 Å². The summed E-state index contributed by atoms with van der Waals surface area (Å²) in [4.78, 5) is 41.7. The van der Waals surface area contributed by atoms with Crippen LogP contribution in [0.1, 0.15) is 48.8 Å². The molecule has 1 unspecified atom stereocenters. The van der Waals surface area contributed by atoms with Crippen LogP contribution < -0.4 is 14.8 Å². The molecule has 0 spiro atoms. The zero-order valence-corrected chi connectivity index (χ0v) is 23.3. The van der Waals surface area contributed by atoms with Gasteiger partial charge in [-0.2, -0.15) is 0 Å². The Morgan fingerprint density at radius 3 is 2.05 bits per heavy atom. The summed E-state index contributed by atoms with van der Waals surface area (Å²) in [5.74, 6) is -1.51. The Morgan fingerprint density at radius 1 is 0.925 bits per heavy atom. The predicted octanol–water partition coefficient (Wildman–Crippen LogP) is 4.53. The monoisotopic (exact) mass is 548 g/mol. The SMILES string of the molecule is CC[C@H](NC(=O)c1nccc(OC)c1OCOC(C)=O)C(=O)OC(C)C(Cc1ccccc1)Cc1ccccc1. The summed E-state index contributed by atoms with van der Waals surface area (Å²) >= 11 is 0. The second-order valence-electron chi connectivity index (χ2n) is 9.30. The van der Waals surface area contributed by atoms with E-state index in [0.717, 1.165) is 24.0 Å². The molecule has 1 N–H and O–H groups in total. The van der Waals surface area contributed by atoms with Crippen LogP contribution in [-0.4, -0.2) is 48.9 Å². The number of pyridine rings is 1. The summed E-state index contributed by atoms with van der Waals surface area (Å²) in [6.45, 7) is 4.46. The number of rotatable bonds is 14. The molecule has 1 amide bonds. The second-order valence-corrected chi connectivity index (χ2v) is 9.30. The number of hydrogen-bond acceptors (Lipinski definition) is 8. The van der Waals surface area contributed by atoms with Crippen molar-refractivity contribution >= 4 is 17.8 Å². The first-order valence-corrected chi connectivity index (χ1v) is 13.2. The van der Waals surface area contributed by atoms with Crippen molar-refractivity contribution in [3.05, 3.63) is 89.7 Å². The number of benzene rings is 2. The average molecular weight is 549 g/mol. The molecule has 0 fully saturated rings. The summed E-state index contributed by atoms with van der Waals surface area (Å²) in [6.07, 6.45) is 2.71. The third-order valence-corrected chi connectivity index (χ3v) is 6.41. The van der Waals surface area contributed by atoms with Crippen LogP contribution in [0, 0.1) is 5.92 Å². The van der Waals surface area contributed by atoms with Gasteiger partial charge in [0.25, 0.3) is 5.91 Å². The van der Waals surface area contributed by atoms with Crippen molar-refractivity contribution in [3.8, 4) is 11.5 Å². The lowest BCUT2D eigenvalue weighted by Crippen LogP contribution is -2.43. The first-order valence-electron chi connectivity index (χ1n) is 13.2. The van der Waals surface area contributed by atoms with Gasteiger partial charge in [-0.05, 0) is 37.3 Å². The van der Waals surface area contributed by atoms with Gasteiger partial charge in [0.2, 0.25) is 6.79 Å². The summed E-state index contributed by atoms with van der Waals surface area (Å²) < 4.78 is 21.5. The highest BCUT2D eigenvalue weighted by Crippen LogP contribution is 2.30. The van der Waals surface area contributed by atoms with Crippen molar-refractivity contribution < 1.29 is 33.3 Å². The summed E-state index contributed by atoms with van der Waals surface area (Å²) in [6, 6.07) is 20.7. The highest BCUT2D eigenvalue weighted by atomic mass is 16.7. The largest absolute Gasteiger partial charge is 0.493 e. The number of nitrogens with zero attached hydrogens (tertiary/aromatic N) is 1. The predicted molar refractivity (Wildman–Crippen MR) is 149 cm³/mol. The Bertz CT molecular complexity index is 1210. The van der Waals surface area contributed by atoms with Crippen molar-refractivity contribution in [2.24, 2.45) is 5.92 Å². The molecular formula is C31H36N2O7. The van der Waals surface area contributed by atoms with Crippen molar-refractivity contribution in [2.75, 3.05) is 13.9 Å². The van der Waals surface area contributed by atoms with E-state index in [0.29, 0.717) is 6.42 Å². The van der Waals surface area contributed by atoms with Gasteiger partial charge in [-0.3, -0.25) is 9.59 Å². The van der Waals surface area contributed by atoms with E-state index >= 15 is 0 Å². The van der Waals surface area contributed by atoms with Gasteiger partial charge >= 0.3 is 11.9 Å². The molecule has 3 rings (SSSR count). The number of carbonyl (C=O) groups excluding carboxylic acids is 3. The third-order valence-electron chi connectivity index (χ3n) is 6.41. The third kappa shape index (κ3) is 8.83. The molecule has 0 saturated carbocycles. The smallest absolute Gasteiger partial charge is 0.328 e. The number of methoxy groups -OCH3 is 1. The number of nitrogens with one attached hydrogen (secondary N) is 1. The van der Waals surface area contributed by atoms with Crippen molar-refractivity contribution in [2.45, 2.75) is 52.2 Å². The number of hydrogen-bond donors (Lipinski definition) is 1. The molecule has 1 heterocycles. The van der Waals surface area contributed by atoms with E-state index in [-0.39, 0.29) is 23.1 Å². The molecule has 2 atom stereocenters. The quantitative estimate of drug-likeness (QED) is 0.231. The Morgan fingerprint density at radius 2 is 1.52 bits per heavy atom. The topological polar surface area (TPSA) is 113 Å². The summed E-state index contributed by atoms with van der Waals surface area (Å²) in [5.41, 5.74) is 2.19. The van der Waals surface area contributed by atoms with Gasteiger partial charge in [-0.15, -0.1) is 0 Å². The van der Waals surface area contributed by atoms with E-state index < -0.39 is 36.8 Å². The van der Waals surface area contributed by atoms with E-state index in [1.165, 1.54) is 26.3 Å². The van der Waals surface area contributed by atoms with Crippen LogP contribution in [0.5, 0.6) is 11.5 Å². The second kappa shape index (κ2) is 15.3. The van der Waals surface area contributed by atoms with Gasteiger partial charge in [0.1, 0.15) is 12.1 Å². The maximum Gasteiger partial charge on any atom is 0.328 e. The van der Waals surface area contributed by atoms with Crippen LogP contribution in [0.3, 0.4) is 0 Å². The fourth-order valence-corrected chi connectivity index (χ4v) is 4.22. The van der Waals surface area contributed by atoms with E-state index in [4.69, 9.17) is 18.9 Å². The minimum absolute atomic E-state index is 0.00822. The first-order chi connectivity index (χ1) is 19.3.